The summed E-state index contributed by atoms with van der Waals surface area (Å²) in [5, 5.41) is 14.6. The summed E-state index contributed by atoms with van der Waals surface area (Å²) in [6.45, 7) is 0.450. The molecule has 2 aromatic rings. The molecule has 25 heavy (non-hydrogen) atoms. The minimum absolute atomic E-state index is 0.297. The number of carbonyl (C=O) groups is 1. The van der Waals surface area contributed by atoms with Crippen molar-refractivity contribution in [1.29, 1.82) is 5.26 Å². The van der Waals surface area contributed by atoms with Crippen molar-refractivity contribution in [2.45, 2.75) is 6.42 Å². The van der Waals surface area contributed by atoms with Gasteiger partial charge in [0.1, 0.15) is 6.07 Å². The predicted molar refractivity (Wildman–Crippen MR) is 96.4 cm³/mol. The number of rotatable bonds is 6. The highest BCUT2D eigenvalue weighted by atomic mass is 35.5. The average Bonchev–Trinajstić information content (AvgIpc) is 2.61. The third-order valence-electron chi connectivity index (χ3n) is 3.49. The molecule has 2 N–H and O–H groups in total. The zero-order valence-corrected chi connectivity index (χ0v) is 14.7. The molecule has 2 rings (SSSR count). The second-order valence-electron chi connectivity index (χ2n) is 5.13. The number of nitriles is 1. The standard InChI is InChI=1S/C18H18ClN3O3/c1-24-16-6-3-12(9-17(16)25-2)7-8-21-18(23)22-14-5-4-13(11-20)15(19)10-14/h3-6,9-10H,7-8H2,1-2H3,(H2,21,22,23). The number of amides is 2. The fourth-order valence-electron chi connectivity index (χ4n) is 2.22. The van der Waals surface area contributed by atoms with E-state index >= 15 is 0 Å². The van der Waals surface area contributed by atoms with E-state index in [1.165, 1.54) is 6.07 Å². The zero-order chi connectivity index (χ0) is 18.2. The van der Waals surface area contributed by atoms with E-state index in [-0.39, 0.29) is 6.03 Å². The van der Waals surface area contributed by atoms with Gasteiger partial charge in [0.05, 0.1) is 24.8 Å². The van der Waals surface area contributed by atoms with E-state index in [9.17, 15) is 4.79 Å². The number of ether oxygens (including phenoxy) is 2. The van der Waals surface area contributed by atoms with Crippen LogP contribution in [0.5, 0.6) is 11.5 Å². The maximum atomic E-state index is 11.9. The number of benzene rings is 2. The van der Waals surface area contributed by atoms with Gasteiger partial charge in [0.2, 0.25) is 0 Å². The van der Waals surface area contributed by atoms with Gasteiger partial charge in [-0.15, -0.1) is 0 Å². The van der Waals surface area contributed by atoms with Crippen LogP contribution in [0.15, 0.2) is 36.4 Å². The van der Waals surface area contributed by atoms with Crippen molar-refractivity contribution < 1.29 is 14.3 Å². The topological polar surface area (TPSA) is 83.4 Å². The Morgan fingerprint density at radius 3 is 2.56 bits per heavy atom. The molecule has 2 amide bonds. The summed E-state index contributed by atoms with van der Waals surface area (Å²) in [6.07, 6.45) is 0.641. The van der Waals surface area contributed by atoms with Gasteiger partial charge in [-0.1, -0.05) is 17.7 Å². The van der Waals surface area contributed by atoms with E-state index in [1.54, 1.807) is 26.4 Å². The molecule has 2 aromatic carbocycles. The first-order valence-corrected chi connectivity index (χ1v) is 7.90. The Bertz CT molecular complexity index is 803. The molecule has 0 radical (unpaired) electrons. The number of methoxy groups -OCH3 is 2. The Balaban J connectivity index is 1.86. The summed E-state index contributed by atoms with van der Waals surface area (Å²) in [7, 11) is 3.16. The monoisotopic (exact) mass is 359 g/mol. The maximum Gasteiger partial charge on any atom is 0.319 e. The number of hydrogen-bond donors (Lipinski definition) is 2. The maximum absolute atomic E-state index is 11.9. The van der Waals surface area contributed by atoms with Gasteiger partial charge in [-0.2, -0.15) is 5.26 Å². The third-order valence-corrected chi connectivity index (χ3v) is 3.81. The molecule has 130 valence electrons. The van der Waals surface area contributed by atoms with Gasteiger partial charge in [-0.05, 0) is 42.3 Å². The number of nitrogens with one attached hydrogen (secondary N) is 2. The molecule has 0 bridgehead atoms. The second kappa shape index (κ2) is 8.81. The largest absolute Gasteiger partial charge is 0.493 e. The van der Waals surface area contributed by atoms with Gasteiger partial charge in [-0.25, -0.2) is 4.79 Å². The molecule has 0 spiro atoms. The van der Waals surface area contributed by atoms with Crippen LogP contribution < -0.4 is 20.1 Å². The van der Waals surface area contributed by atoms with Gasteiger partial charge < -0.3 is 20.1 Å². The molecule has 0 heterocycles. The smallest absolute Gasteiger partial charge is 0.319 e. The molecule has 7 heteroatoms. The lowest BCUT2D eigenvalue weighted by molar-refractivity contribution is 0.252. The second-order valence-corrected chi connectivity index (χ2v) is 5.53. The lowest BCUT2D eigenvalue weighted by atomic mass is 10.1. The number of urea groups is 1. The normalized spacial score (nSPS) is 9.84. The molecular weight excluding hydrogens is 342 g/mol. The number of anilines is 1. The zero-order valence-electron chi connectivity index (χ0n) is 13.9. The van der Waals surface area contributed by atoms with Crippen LogP contribution in [0.25, 0.3) is 0 Å². The summed E-state index contributed by atoms with van der Waals surface area (Å²) < 4.78 is 10.4. The van der Waals surface area contributed by atoms with Gasteiger partial charge in [0, 0.05) is 12.2 Å². The minimum atomic E-state index is -0.346. The molecule has 6 nitrogen and oxygen atoms in total. The Morgan fingerprint density at radius 1 is 1.16 bits per heavy atom. The first kappa shape index (κ1) is 18.4. The highest BCUT2D eigenvalue weighted by molar-refractivity contribution is 6.32. The molecule has 0 aliphatic carbocycles. The van der Waals surface area contributed by atoms with Crippen LogP contribution in [-0.2, 0) is 6.42 Å². The number of hydrogen-bond acceptors (Lipinski definition) is 4. The summed E-state index contributed by atoms with van der Waals surface area (Å²) in [4.78, 5) is 11.9. The Morgan fingerprint density at radius 2 is 1.92 bits per heavy atom. The van der Waals surface area contributed by atoms with Crippen LogP contribution in [0.1, 0.15) is 11.1 Å². The van der Waals surface area contributed by atoms with Crippen LogP contribution in [0, 0.1) is 11.3 Å². The van der Waals surface area contributed by atoms with Crippen LogP contribution in [0.3, 0.4) is 0 Å². The van der Waals surface area contributed by atoms with Crippen molar-refractivity contribution in [3.8, 4) is 17.6 Å². The highest BCUT2D eigenvalue weighted by Crippen LogP contribution is 2.27. The van der Waals surface area contributed by atoms with Crippen LogP contribution in [-0.4, -0.2) is 26.8 Å². The van der Waals surface area contributed by atoms with Gasteiger partial charge in [-0.3, -0.25) is 0 Å². The van der Waals surface area contributed by atoms with Crippen LogP contribution in [0.4, 0.5) is 10.5 Å². The SMILES string of the molecule is COc1ccc(CCNC(=O)Nc2ccc(C#N)c(Cl)c2)cc1OC. The Hall–Kier alpha value is -2.91. The first-order valence-electron chi connectivity index (χ1n) is 7.52. The fourth-order valence-corrected chi connectivity index (χ4v) is 2.44. The van der Waals surface area contributed by atoms with Crippen molar-refractivity contribution in [3.05, 3.63) is 52.5 Å². The first-order chi connectivity index (χ1) is 12.1. The summed E-state index contributed by atoms with van der Waals surface area (Å²) in [6, 6.07) is 12.0. The van der Waals surface area contributed by atoms with Crippen LogP contribution in [0.2, 0.25) is 5.02 Å². The molecule has 0 saturated carbocycles. The van der Waals surface area contributed by atoms with Crippen LogP contribution >= 0.6 is 11.6 Å². The lowest BCUT2D eigenvalue weighted by Gasteiger charge is -2.11. The Labute approximate surface area is 151 Å². The highest BCUT2D eigenvalue weighted by Gasteiger charge is 2.07. The molecule has 0 fully saturated rings. The molecule has 0 aromatic heterocycles. The number of carbonyl (C=O) groups excluding carboxylic acids is 1. The van der Waals surface area contributed by atoms with Gasteiger partial charge >= 0.3 is 6.03 Å². The minimum Gasteiger partial charge on any atom is -0.493 e. The van der Waals surface area contributed by atoms with E-state index in [1.807, 2.05) is 24.3 Å². The van der Waals surface area contributed by atoms with Gasteiger partial charge in [0.15, 0.2) is 11.5 Å². The lowest BCUT2D eigenvalue weighted by Crippen LogP contribution is -2.30. The predicted octanol–water partition coefficient (Wildman–Crippen LogP) is 3.59. The van der Waals surface area contributed by atoms with E-state index in [0.717, 1.165) is 5.56 Å². The quantitative estimate of drug-likeness (QED) is 0.825. The van der Waals surface area contributed by atoms with E-state index in [0.29, 0.717) is 40.7 Å². The van der Waals surface area contributed by atoms with Crippen molar-refractivity contribution in [3.63, 3.8) is 0 Å². The summed E-state index contributed by atoms with van der Waals surface area (Å²) in [5.74, 6) is 1.31. The molecule has 0 saturated heterocycles. The Kier molecular flexibility index (Phi) is 6.49. The molecule has 0 aliphatic rings. The van der Waals surface area contributed by atoms with Gasteiger partial charge in [0.25, 0.3) is 0 Å². The number of nitrogens with zero attached hydrogens (tertiary/aromatic N) is 1. The molecule has 0 unspecified atom stereocenters. The third kappa shape index (κ3) is 5.03. The van der Waals surface area contributed by atoms with Crippen molar-refractivity contribution in [2.24, 2.45) is 0 Å². The van der Waals surface area contributed by atoms with Crippen molar-refractivity contribution >= 4 is 23.3 Å². The van der Waals surface area contributed by atoms with Crippen molar-refractivity contribution in [2.75, 3.05) is 26.1 Å². The summed E-state index contributed by atoms with van der Waals surface area (Å²) in [5.41, 5.74) is 1.90. The number of halogens is 1. The van der Waals surface area contributed by atoms with E-state index < -0.39 is 0 Å². The van der Waals surface area contributed by atoms with E-state index in [4.69, 9.17) is 26.3 Å². The van der Waals surface area contributed by atoms with E-state index in [2.05, 4.69) is 10.6 Å². The molecular formula is C18H18ClN3O3. The van der Waals surface area contributed by atoms with Crippen molar-refractivity contribution in [1.82, 2.24) is 5.32 Å². The fraction of sp³-hybridized carbons (Fsp3) is 0.222. The molecule has 0 atom stereocenters. The average molecular weight is 360 g/mol. The summed E-state index contributed by atoms with van der Waals surface area (Å²) >= 11 is 5.93. The molecule has 0 aliphatic heterocycles.